The van der Waals surface area contributed by atoms with Crippen LogP contribution in [0.25, 0.3) is 0 Å². The molecule has 0 aromatic carbocycles. The molecule has 1 aromatic heterocycles. The summed E-state index contributed by atoms with van der Waals surface area (Å²) in [6, 6.07) is 1.61. The van der Waals surface area contributed by atoms with Crippen molar-refractivity contribution in [1.29, 1.82) is 0 Å². The third-order valence-corrected chi connectivity index (χ3v) is 5.82. The molecule has 0 bridgehead atoms. The highest BCUT2D eigenvalue weighted by Crippen LogP contribution is 2.27. The fourth-order valence-electron chi connectivity index (χ4n) is 2.48. The molecule has 106 valence electrons. The average Bonchev–Trinajstić information content (AvgIpc) is 2.96. The second kappa shape index (κ2) is 5.22. The molecular formula is C12H18N2O3S2. The first-order chi connectivity index (χ1) is 8.80. The van der Waals surface area contributed by atoms with Crippen molar-refractivity contribution in [2.45, 2.75) is 36.9 Å². The molecule has 2 rings (SSSR count). The van der Waals surface area contributed by atoms with Gasteiger partial charge in [-0.2, -0.15) is 0 Å². The van der Waals surface area contributed by atoms with Gasteiger partial charge in [-0.3, -0.25) is 4.79 Å². The summed E-state index contributed by atoms with van der Waals surface area (Å²) in [5, 5.41) is 6.62. The Morgan fingerprint density at radius 3 is 2.74 bits per heavy atom. The molecule has 2 heterocycles. The quantitative estimate of drug-likeness (QED) is 0.922. The van der Waals surface area contributed by atoms with Crippen molar-refractivity contribution in [1.82, 2.24) is 4.90 Å². The zero-order valence-corrected chi connectivity index (χ0v) is 12.6. The summed E-state index contributed by atoms with van der Waals surface area (Å²) in [5.74, 6) is 0.310. The molecule has 1 atom stereocenters. The van der Waals surface area contributed by atoms with Crippen molar-refractivity contribution in [2.75, 3.05) is 6.54 Å². The first-order valence-corrected chi connectivity index (χ1v) is 8.65. The van der Waals surface area contributed by atoms with Crippen molar-refractivity contribution in [3.8, 4) is 0 Å². The average molecular weight is 302 g/mol. The van der Waals surface area contributed by atoms with Crippen molar-refractivity contribution in [3.63, 3.8) is 0 Å². The van der Waals surface area contributed by atoms with Gasteiger partial charge < -0.3 is 4.90 Å². The van der Waals surface area contributed by atoms with Gasteiger partial charge >= 0.3 is 0 Å². The first kappa shape index (κ1) is 14.5. The maximum absolute atomic E-state index is 12.4. The Bertz CT molecular complexity index is 578. The second-order valence-corrected chi connectivity index (χ2v) is 7.85. The Morgan fingerprint density at radius 2 is 2.21 bits per heavy atom. The van der Waals surface area contributed by atoms with Crippen molar-refractivity contribution >= 4 is 27.3 Å². The van der Waals surface area contributed by atoms with E-state index in [1.165, 1.54) is 6.07 Å². The van der Waals surface area contributed by atoms with Gasteiger partial charge in [0.05, 0.1) is 5.56 Å². The Hall–Kier alpha value is -0.920. The van der Waals surface area contributed by atoms with E-state index in [1.807, 2.05) is 4.90 Å². The number of hydrogen-bond acceptors (Lipinski definition) is 4. The Balaban J connectivity index is 2.23. The number of carbonyl (C=O) groups is 1. The van der Waals surface area contributed by atoms with Crippen LogP contribution in [0.15, 0.2) is 15.7 Å². The molecule has 1 aliphatic heterocycles. The van der Waals surface area contributed by atoms with Crippen LogP contribution in [0.4, 0.5) is 0 Å². The molecule has 0 aliphatic carbocycles. The van der Waals surface area contributed by atoms with Gasteiger partial charge in [-0.1, -0.05) is 13.8 Å². The Kier molecular flexibility index (Phi) is 3.98. The van der Waals surface area contributed by atoms with Crippen molar-refractivity contribution in [3.05, 3.63) is 17.0 Å². The van der Waals surface area contributed by atoms with Gasteiger partial charge in [0.25, 0.3) is 5.91 Å². The fraction of sp³-hybridized carbons (Fsp3) is 0.583. The predicted molar refractivity (Wildman–Crippen MR) is 74.6 cm³/mol. The topological polar surface area (TPSA) is 80.5 Å². The molecule has 0 spiro atoms. The van der Waals surface area contributed by atoms with E-state index in [2.05, 4.69) is 13.8 Å². The number of rotatable bonds is 3. The van der Waals surface area contributed by atoms with Gasteiger partial charge in [-0.25, -0.2) is 13.6 Å². The molecule has 2 N–H and O–H groups in total. The normalized spacial score (nSPS) is 20.2. The molecule has 19 heavy (non-hydrogen) atoms. The van der Waals surface area contributed by atoms with Crippen LogP contribution in [0.3, 0.4) is 0 Å². The zero-order valence-electron chi connectivity index (χ0n) is 11.0. The van der Waals surface area contributed by atoms with E-state index in [0.29, 0.717) is 11.5 Å². The van der Waals surface area contributed by atoms with Crippen molar-refractivity contribution in [2.24, 2.45) is 11.1 Å². The van der Waals surface area contributed by atoms with E-state index < -0.39 is 10.0 Å². The van der Waals surface area contributed by atoms with Crippen LogP contribution in [0.5, 0.6) is 0 Å². The van der Waals surface area contributed by atoms with Gasteiger partial charge in [-0.05, 0) is 24.8 Å². The van der Waals surface area contributed by atoms with Crippen LogP contribution in [0.1, 0.15) is 37.0 Å². The lowest BCUT2D eigenvalue weighted by atomic mass is 10.0. The summed E-state index contributed by atoms with van der Waals surface area (Å²) < 4.78 is 22.5. The van der Waals surface area contributed by atoms with Crippen LogP contribution in [0.2, 0.25) is 0 Å². The van der Waals surface area contributed by atoms with E-state index in [4.69, 9.17) is 5.14 Å². The smallest absolute Gasteiger partial charge is 0.255 e. The van der Waals surface area contributed by atoms with Crippen LogP contribution in [0, 0.1) is 5.92 Å². The van der Waals surface area contributed by atoms with E-state index in [1.54, 1.807) is 5.38 Å². The van der Waals surface area contributed by atoms with Crippen LogP contribution in [-0.2, 0) is 10.0 Å². The number of amides is 1. The molecule has 1 fully saturated rings. The molecule has 5 nitrogen and oxygen atoms in total. The molecular weight excluding hydrogens is 284 g/mol. The monoisotopic (exact) mass is 302 g/mol. The van der Waals surface area contributed by atoms with Gasteiger partial charge in [0.15, 0.2) is 0 Å². The standard InChI is InChI=1S/C12H18N2O3S2/c1-8(2)10-4-3-5-14(10)12(15)9-6-11(18-7-9)19(13,16)17/h6-8,10H,3-5H2,1-2H3,(H2,13,16,17). The Labute approximate surface area is 117 Å². The number of sulfonamides is 1. The number of primary sulfonamides is 1. The van der Waals surface area contributed by atoms with Crippen LogP contribution < -0.4 is 5.14 Å². The summed E-state index contributed by atoms with van der Waals surface area (Å²) in [4.78, 5) is 14.2. The second-order valence-electron chi connectivity index (χ2n) is 5.15. The molecule has 7 heteroatoms. The van der Waals surface area contributed by atoms with Gasteiger partial charge in [0.2, 0.25) is 10.0 Å². The summed E-state index contributed by atoms with van der Waals surface area (Å²) in [6.07, 6.45) is 2.01. The molecule has 1 saturated heterocycles. The number of hydrogen-bond donors (Lipinski definition) is 1. The molecule has 0 radical (unpaired) electrons. The lowest BCUT2D eigenvalue weighted by Gasteiger charge is -2.27. The third kappa shape index (κ3) is 2.98. The first-order valence-electron chi connectivity index (χ1n) is 6.23. The highest BCUT2D eigenvalue weighted by molar-refractivity contribution is 7.91. The molecule has 1 amide bonds. The maximum atomic E-state index is 12.4. The SMILES string of the molecule is CC(C)C1CCCN1C(=O)c1csc(S(N)(=O)=O)c1. The number of thiophene rings is 1. The lowest BCUT2D eigenvalue weighted by molar-refractivity contribution is 0.0702. The van der Waals surface area contributed by atoms with Crippen molar-refractivity contribution < 1.29 is 13.2 Å². The highest BCUT2D eigenvalue weighted by atomic mass is 32.2. The lowest BCUT2D eigenvalue weighted by Crippen LogP contribution is -2.38. The summed E-state index contributed by atoms with van der Waals surface area (Å²) in [6.45, 7) is 4.93. The zero-order chi connectivity index (χ0) is 14.2. The van der Waals surface area contributed by atoms with E-state index in [9.17, 15) is 13.2 Å². The maximum Gasteiger partial charge on any atom is 0.255 e. The minimum Gasteiger partial charge on any atom is -0.335 e. The summed E-state index contributed by atoms with van der Waals surface area (Å²) in [5.41, 5.74) is 0.418. The minimum absolute atomic E-state index is 0.0381. The number of carbonyl (C=O) groups excluding carboxylic acids is 1. The summed E-state index contributed by atoms with van der Waals surface area (Å²) in [7, 11) is -3.72. The van der Waals surface area contributed by atoms with Gasteiger partial charge in [0.1, 0.15) is 4.21 Å². The molecule has 0 saturated carbocycles. The highest BCUT2D eigenvalue weighted by Gasteiger charge is 2.32. The largest absolute Gasteiger partial charge is 0.335 e. The molecule has 1 aromatic rings. The molecule has 1 unspecified atom stereocenters. The predicted octanol–water partition coefficient (Wildman–Crippen LogP) is 1.66. The van der Waals surface area contributed by atoms with E-state index in [-0.39, 0.29) is 16.2 Å². The van der Waals surface area contributed by atoms with E-state index >= 15 is 0 Å². The minimum atomic E-state index is -3.72. The fourth-order valence-corrected chi connectivity index (χ4v) is 4.06. The molecule has 1 aliphatic rings. The number of likely N-dealkylation sites (tertiary alicyclic amines) is 1. The van der Waals surface area contributed by atoms with E-state index in [0.717, 1.165) is 30.7 Å². The van der Waals surface area contributed by atoms with Gasteiger partial charge in [0, 0.05) is 18.0 Å². The third-order valence-electron chi connectivity index (χ3n) is 3.43. The van der Waals surface area contributed by atoms with Gasteiger partial charge in [-0.15, -0.1) is 11.3 Å². The summed E-state index contributed by atoms with van der Waals surface area (Å²) >= 11 is 0.993. The number of nitrogens with zero attached hydrogens (tertiary/aromatic N) is 1. The Morgan fingerprint density at radius 1 is 1.53 bits per heavy atom. The van der Waals surface area contributed by atoms with Crippen LogP contribution in [-0.4, -0.2) is 31.8 Å². The number of nitrogens with two attached hydrogens (primary N) is 1. The van der Waals surface area contributed by atoms with Crippen LogP contribution >= 0.6 is 11.3 Å².